The first-order valence-corrected chi connectivity index (χ1v) is 21.5. The van der Waals surface area contributed by atoms with Crippen molar-refractivity contribution in [3.05, 3.63) is 0 Å². The van der Waals surface area contributed by atoms with Crippen molar-refractivity contribution >= 4 is 17.9 Å². The second-order valence-corrected chi connectivity index (χ2v) is 14.6. The van der Waals surface area contributed by atoms with Crippen LogP contribution < -0.4 is 0 Å². The van der Waals surface area contributed by atoms with Crippen LogP contribution >= 0.6 is 0 Å². The topological polar surface area (TPSA) is 78.9 Å². The Morgan fingerprint density at radius 2 is 0.551 bits per heavy atom. The predicted octanol–water partition coefficient (Wildman–Crippen LogP) is 13.3. The minimum atomic E-state index is -0.756. The standard InChI is InChI=1S/C43H82O6/c1-4-7-10-13-16-19-21-24-26-29-32-35-41(44)47-38-40(49-43(46)37-34-31-28-23-18-15-12-9-6-3)39-48-42(45)36-33-30-27-25-22-20-17-14-11-8-5-2/h40H,4-39H2,1-3H3. The van der Waals surface area contributed by atoms with Crippen LogP contribution in [-0.2, 0) is 28.6 Å². The van der Waals surface area contributed by atoms with Crippen molar-refractivity contribution in [2.45, 2.75) is 245 Å². The molecular formula is C43H82O6. The molecule has 0 aliphatic carbocycles. The van der Waals surface area contributed by atoms with Gasteiger partial charge in [0.05, 0.1) is 0 Å². The van der Waals surface area contributed by atoms with Gasteiger partial charge in [0, 0.05) is 19.3 Å². The van der Waals surface area contributed by atoms with Crippen LogP contribution in [0.1, 0.15) is 239 Å². The summed E-state index contributed by atoms with van der Waals surface area (Å²) < 4.78 is 16.6. The zero-order chi connectivity index (χ0) is 35.9. The first kappa shape index (κ1) is 47.4. The van der Waals surface area contributed by atoms with E-state index in [-0.39, 0.29) is 31.1 Å². The smallest absolute Gasteiger partial charge is 0.306 e. The van der Waals surface area contributed by atoms with Crippen molar-refractivity contribution in [3.63, 3.8) is 0 Å². The summed E-state index contributed by atoms with van der Waals surface area (Å²) >= 11 is 0. The molecule has 6 heteroatoms. The number of esters is 3. The molecule has 6 nitrogen and oxygen atoms in total. The van der Waals surface area contributed by atoms with E-state index in [0.29, 0.717) is 19.3 Å². The molecule has 290 valence electrons. The highest BCUT2D eigenvalue weighted by molar-refractivity contribution is 5.71. The van der Waals surface area contributed by atoms with E-state index in [1.165, 1.54) is 141 Å². The Kier molecular flexibility index (Phi) is 37.9. The van der Waals surface area contributed by atoms with E-state index in [0.717, 1.165) is 57.8 Å². The van der Waals surface area contributed by atoms with Crippen LogP contribution in [0.5, 0.6) is 0 Å². The van der Waals surface area contributed by atoms with Gasteiger partial charge in [-0.05, 0) is 19.3 Å². The summed E-state index contributed by atoms with van der Waals surface area (Å²) in [4.78, 5) is 37.5. The molecule has 0 rings (SSSR count). The molecule has 0 radical (unpaired) electrons. The van der Waals surface area contributed by atoms with Crippen molar-refractivity contribution in [2.75, 3.05) is 13.2 Å². The SMILES string of the molecule is CCCCCCCCCCCCCC(=O)OCC(COC(=O)CCCCCCCCCCCCC)OC(=O)CCCCCCCCCCC. The molecule has 0 aliphatic rings. The maximum atomic E-state index is 12.6. The molecule has 0 saturated carbocycles. The minimum absolute atomic E-state index is 0.0634. The van der Waals surface area contributed by atoms with Crippen molar-refractivity contribution < 1.29 is 28.6 Å². The Bertz CT molecular complexity index is 681. The largest absolute Gasteiger partial charge is 0.462 e. The molecule has 0 saturated heterocycles. The summed E-state index contributed by atoms with van der Waals surface area (Å²) in [5.74, 6) is -0.859. The minimum Gasteiger partial charge on any atom is -0.462 e. The Hall–Kier alpha value is -1.59. The lowest BCUT2D eigenvalue weighted by Gasteiger charge is -2.18. The molecule has 0 aromatic carbocycles. The van der Waals surface area contributed by atoms with Gasteiger partial charge in [0.1, 0.15) is 13.2 Å². The number of ether oxygens (including phenoxy) is 3. The zero-order valence-corrected chi connectivity index (χ0v) is 33.0. The highest BCUT2D eigenvalue weighted by atomic mass is 16.6. The van der Waals surface area contributed by atoms with Gasteiger partial charge in [-0.2, -0.15) is 0 Å². The highest BCUT2D eigenvalue weighted by Crippen LogP contribution is 2.15. The molecule has 0 atom stereocenters. The normalized spacial score (nSPS) is 11.3. The number of hydrogen-bond donors (Lipinski definition) is 0. The molecule has 0 bridgehead atoms. The Labute approximate surface area is 304 Å². The summed E-state index contributed by atoms with van der Waals surface area (Å²) in [6, 6.07) is 0. The summed E-state index contributed by atoms with van der Waals surface area (Å²) in [6.07, 6.45) is 37.9. The monoisotopic (exact) mass is 695 g/mol. The second-order valence-electron chi connectivity index (χ2n) is 14.6. The molecule has 0 spiro atoms. The van der Waals surface area contributed by atoms with E-state index in [2.05, 4.69) is 20.8 Å². The number of unbranched alkanes of at least 4 members (excludes halogenated alkanes) is 28. The lowest BCUT2D eigenvalue weighted by atomic mass is 10.1. The lowest BCUT2D eigenvalue weighted by Crippen LogP contribution is -2.30. The third-order valence-corrected chi connectivity index (χ3v) is 9.61. The van der Waals surface area contributed by atoms with E-state index < -0.39 is 6.10 Å². The molecule has 49 heavy (non-hydrogen) atoms. The van der Waals surface area contributed by atoms with E-state index in [4.69, 9.17) is 14.2 Å². The Morgan fingerprint density at radius 3 is 0.816 bits per heavy atom. The second kappa shape index (κ2) is 39.2. The van der Waals surface area contributed by atoms with Crippen molar-refractivity contribution in [1.82, 2.24) is 0 Å². The highest BCUT2D eigenvalue weighted by Gasteiger charge is 2.19. The quantitative estimate of drug-likeness (QED) is 0.0362. The zero-order valence-electron chi connectivity index (χ0n) is 33.0. The van der Waals surface area contributed by atoms with E-state index in [1.54, 1.807) is 0 Å². The fourth-order valence-electron chi connectivity index (χ4n) is 6.32. The third-order valence-electron chi connectivity index (χ3n) is 9.61. The van der Waals surface area contributed by atoms with Crippen LogP contribution in [-0.4, -0.2) is 37.2 Å². The number of carbonyl (C=O) groups excluding carboxylic acids is 3. The van der Waals surface area contributed by atoms with Gasteiger partial charge in [-0.1, -0.05) is 201 Å². The van der Waals surface area contributed by atoms with Crippen LogP contribution in [0.4, 0.5) is 0 Å². The van der Waals surface area contributed by atoms with Gasteiger partial charge in [-0.25, -0.2) is 0 Å². The summed E-state index contributed by atoms with van der Waals surface area (Å²) in [5.41, 5.74) is 0. The molecule has 0 fully saturated rings. The molecule has 0 N–H and O–H groups in total. The first-order chi connectivity index (χ1) is 24.0. The summed E-state index contributed by atoms with van der Waals surface area (Å²) in [7, 11) is 0. The van der Waals surface area contributed by atoms with Gasteiger partial charge in [0.2, 0.25) is 0 Å². The summed E-state index contributed by atoms with van der Waals surface area (Å²) in [5, 5.41) is 0. The number of hydrogen-bond acceptors (Lipinski definition) is 6. The van der Waals surface area contributed by atoms with Gasteiger partial charge in [0.15, 0.2) is 6.10 Å². The van der Waals surface area contributed by atoms with Gasteiger partial charge in [0.25, 0.3) is 0 Å². The molecule has 0 amide bonds. The number of rotatable bonds is 39. The molecule has 0 unspecified atom stereocenters. The summed E-state index contributed by atoms with van der Waals surface area (Å²) in [6.45, 7) is 6.61. The fourth-order valence-corrected chi connectivity index (χ4v) is 6.32. The van der Waals surface area contributed by atoms with Crippen molar-refractivity contribution in [1.29, 1.82) is 0 Å². The van der Waals surface area contributed by atoms with Crippen LogP contribution in [0.25, 0.3) is 0 Å². The Balaban J connectivity index is 4.31. The average Bonchev–Trinajstić information content (AvgIpc) is 3.10. The molecule has 0 aromatic rings. The lowest BCUT2D eigenvalue weighted by molar-refractivity contribution is -0.167. The van der Waals surface area contributed by atoms with Crippen molar-refractivity contribution in [2.24, 2.45) is 0 Å². The first-order valence-electron chi connectivity index (χ1n) is 21.5. The number of carbonyl (C=O) groups is 3. The molecule has 0 heterocycles. The maximum absolute atomic E-state index is 12.6. The van der Waals surface area contributed by atoms with Gasteiger partial charge >= 0.3 is 17.9 Å². The predicted molar refractivity (Wildman–Crippen MR) is 206 cm³/mol. The van der Waals surface area contributed by atoms with Gasteiger partial charge in [-0.3, -0.25) is 14.4 Å². The fraction of sp³-hybridized carbons (Fsp3) is 0.930. The van der Waals surface area contributed by atoms with Gasteiger partial charge in [-0.15, -0.1) is 0 Å². The van der Waals surface area contributed by atoms with E-state index in [9.17, 15) is 14.4 Å². The third kappa shape index (κ3) is 37.5. The Morgan fingerprint density at radius 1 is 0.327 bits per heavy atom. The van der Waals surface area contributed by atoms with Crippen LogP contribution in [0.3, 0.4) is 0 Å². The van der Waals surface area contributed by atoms with Crippen LogP contribution in [0.15, 0.2) is 0 Å². The van der Waals surface area contributed by atoms with Crippen LogP contribution in [0.2, 0.25) is 0 Å². The molecular weight excluding hydrogens is 612 g/mol. The van der Waals surface area contributed by atoms with Crippen molar-refractivity contribution in [3.8, 4) is 0 Å². The molecule has 0 aliphatic heterocycles. The van der Waals surface area contributed by atoms with E-state index in [1.807, 2.05) is 0 Å². The average molecular weight is 695 g/mol. The van der Waals surface area contributed by atoms with E-state index >= 15 is 0 Å². The maximum Gasteiger partial charge on any atom is 0.306 e. The van der Waals surface area contributed by atoms with Gasteiger partial charge < -0.3 is 14.2 Å². The van der Waals surface area contributed by atoms with Crippen LogP contribution in [0, 0.1) is 0 Å². The molecule has 0 aromatic heterocycles.